The van der Waals surface area contributed by atoms with Crippen molar-refractivity contribution in [2.45, 2.75) is 58.6 Å². The van der Waals surface area contributed by atoms with Crippen molar-refractivity contribution in [2.24, 2.45) is 0 Å². The average Bonchev–Trinajstić information content (AvgIpc) is 2.24. The van der Waals surface area contributed by atoms with Crippen LogP contribution in [0.2, 0.25) is 0 Å². The number of carbonyl (C=O) groups is 2. The molecule has 0 aromatic carbocycles. The lowest BCUT2D eigenvalue weighted by Crippen LogP contribution is -2.47. The average molecular weight is 273 g/mol. The summed E-state index contributed by atoms with van der Waals surface area (Å²) in [7, 11) is 0. The highest BCUT2D eigenvalue weighted by molar-refractivity contribution is 8.13. The topological polar surface area (TPSA) is 46.6 Å². The number of hydrogen-bond acceptors (Lipinski definition) is 4. The first-order chi connectivity index (χ1) is 8.29. The molecular weight excluding hydrogens is 250 g/mol. The minimum atomic E-state index is -0.465. The Kier molecular flexibility index (Phi) is 5.50. The zero-order chi connectivity index (χ0) is 13.8. The molecule has 0 aliphatic carbocycles. The third-order valence-electron chi connectivity index (χ3n) is 2.73. The number of nitrogens with zero attached hydrogens (tertiary/aromatic N) is 1. The van der Waals surface area contributed by atoms with Gasteiger partial charge in [-0.25, -0.2) is 4.79 Å². The van der Waals surface area contributed by atoms with E-state index in [9.17, 15) is 9.59 Å². The van der Waals surface area contributed by atoms with E-state index >= 15 is 0 Å². The first-order valence-electron chi connectivity index (χ1n) is 6.42. The second-order valence-corrected chi connectivity index (χ2v) is 6.82. The quantitative estimate of drug-likeness (QED) is 0.776. The molecule has 0 saturated carbocycles. The fourth-order valence-corrected chi connectivity index (χ4v) is 2.72. The molecule has 1 atom stereocenters. The van der Waals surface area contributed by atoms with E-state index in [1.54, 1.807) is 11.8 Å². The van der Waals surface area contributed by atoms with E-state index in [1.165, 1.54) is 11.8 Å². The van der Waals surface area contributed by atoms with Crippen molar-refractivity contribution in [3.8, 4) is 0 Å². The van der Waals surface area contributed by atoms with Crippen LogP contribution in [0, 0.1) is 0 Å². The Morgan fingerprint density at radius 1 is 1.33 bits per heavy atom. The van der Waals surface area contributed by atoms with Gasteiger partial charge in [0.2, 0.25) is 0 Å². The Balaban J connectivity index is 2.58. The summed E-state index contributed by atoms with van der Waals surface area (Å²) in [6.45, 7) is 7.90. The van der Waals surface area contributed by atoms with Crippen molar-refractivity contribution in [2.75, 3.05) is 12.3 Å². The van der Waals surface area contributed by atoms with Crippen LogP contribution in [-0.4, -0.2) is 40.0 Å². The number of carbonyl (C=O) groups excluding carboxylic acids is 2. The third kappa shape index (κ3) is 5.29. The molecule has 4 nitrogen and oxygen atoms in total. The number of ether oxygens (including phenoxy) is 1. The van der Waals surface area contributed by atoms with Gasteiger partial charge in [-0.1, -0.05) is 11.8 Å². The van der Waals surface area contributed by atoms with Gasteiger partial charge >= 0.3 is 6.09 Å². The summed E-state index contributed by atoms with van der Waals surface area (Å²) in [5.41, 5.74) is -0.465. The lowest BCUT2D eigenvalue weighted by atomic mass is 10.0. The summed E-state index contributed by atoms with van der Waals surface area (Å²) in [5.74, 6) is 0.675. The van der Waals surface area contributed by atoms with Crippen molar-refractivity contribution in [3.05, 3.63) is 0 Å². The molecule has 5 heteroatoms. The molecule has 0 aromatic rings. The summed E-state index contributed by atoms with van der Waals surface area (Å²) in [6.07, 6.45) is 2.83. The molecular formula is C13H23NO3S. The summed E-state index contributed by atoms with van der Waals surface area (Å²) in [6, 6.07) is 0.127. The number of rotatable bonds is 2. The smallest absolute Gasteiger partial charge is 0.410 e. The largest absolute Gasteiger partial charge is 0.444 e. The molecule has 0 N–H and O–H groups in total. The van der Waals surface area contributed by atoms with Crippen LogP contribution in [-0.2, 0) is 9.53 Å². The lowest BCUT2D eigenvalue weighted by Gasteiger charge is -2.36. The maximum Gasteiger partial charge on any atom is 0.410 e. The zero-order valence-electron chi connectivity index (χ0n) is 11.7. The van der Waals surface area contributed by atoms with E-state index in [-0.39, 0.29) is 17.3 Å². The van der Waals surface area contributed by atoms with Crippen LogP contribution >= 0.6 is 11.8 Å². The third-order valence-corrected chi connectivity index (χ3v) is 3.69. The Morgan fingerprint density at radius 2 is 2.00 bits per heavy atom. The van der Waals surface area contributed by atoms with E-state index < -0.39 is 5.60 Å². The van der Waals surface area contributed by atoms with Gasteiger partial charge in [0.1, 0.15) is 5.60 Å². The summed E-state index contributed by atoms with van der Waals surface area (Å²) < 4.78 is 5.41. The van der Waals surface area contributed by atoms with Gasteiger partial charge in [-0.3, -0.25) is 4.79 Å². The van der Waals surface area contributed by atoms with Crippen LogP contribution in [0.25, 0.3) is 0 Å². The minimum Gasteiger partial charge on any atom is -0.444 e. The second-order valence-electron chi connectivity index (χ2n) is 5.63. The van der Waals surface area contributed by atoms with Gasteiger partial charge in [0.05, 0.1) is 0 Å². The van der Waals surface area contributed by atoms with Crippen molar-refractivity contribution >= 4 is 23.0 Å². The Morgan fingerprint density at radius 3 is 2.56 bits per heavy atom. The molecule has 0 radical (unpaired) electrons. The Labute approximate surface area is 113 Å². The molecule has 0 unspecified atom stereocenters. The van der Waals surface area contributed by atoms with Crippen molar-refractivity contribution in [3.63, 3.8) is 0 Å². The molecule has 18 heavy (non-hydrogen) atoms. The summed E-state index contributed by atoms with van der Waals surface area (Å²) in [5, 5.41) is 0.102. The predicted octanol–water partition coefficient (Wildman–Crippen LogP) is 3.06. The van der Waals surface area contributed by atoms with Crippen molar-refractivity contribution in [1.82, 2.24) is 4.90 Å². The van der Waals surface area contributed by atoms with Crippen LogP contribution in [0.5, 0.6) is 0 Å². The van der Waals surface area contributed by atoms with Crippen LogP contribution < -0.4 is 0 Å². The predicted molar refractivity (Wildman–Crippen MR) is 73.7 cm³/mol. The fourth-order valence-electron chi connectivity index (χ4n) is 1.95. The van der Waals surface area contributed by atoms with Crippen LogP contribution in [0.15, 0.2) is 0 Å². The maximum atomic E-state index is 12.1. The zero-order valence-corrected chi connectivity index (χ0v) is 12.5. The summed E-state index contributed by atoms with van der Waals surface area (Å²) >= 11 is 1.29. The molecule has 1 amide bonds. The van der Waals surface area contributed by atoms with E-state index in [0.717, 1.165) is 25.8 Å². The molecule has 1 aliphatic rings. The monoisotopic (exact) mass is 273 g/mol. The number of piperidine rings is 1. The number of likely N-dealkylation sites (tertiary alicyclic amines) is 1. The van der Waals surface area contributed by atoms with Gasteiger partial charge in [0.25, 0.3) is 0 Å². The minimum absolute atomic E-state index is 0.102. The normalized spacial score (nSPS) is 20.7. The Hall–Kier alpha value is -0.710. The van der Waals surface area contributed by atoms with Gasteiger partial charge in [-0.15, -0.1) is 0 Å². The van der Waals surface area contributed by atoms with E-state index in [4.69, 9.17) is 4.74 Å². The van der Waals surface area contributed by atoms with Crippen molar-refractivity contribution in [1.29, 1.82) is 0 Å². The van der Waals surface area contributed by atoms with E-state index in [0.29, 0.717) is 5.75 Å². The lowest BCUT2D eigenvalue weighted by molar-refractivity contribution is -0.109. The molecule has 0 aromatic heterocycles. The van der Waals surface area contributed by atoms with Crippen LogP contribution in [0.4, 0.5) is 4.79 Å². The van der Waals surface area contributed by atoms with Crippen molar-refractivity contribution < 1.29 is 14.3 Å². The maximum absolute atomic E-state index is 12.1. The first kappa shape index (κ1) is 15.3. The number of amides is 1. The molecule has 0 spiro atoms. The van der Waals surface area contributed by atoms with Gasteiger partial charge in [0.15, 0.2) is 5.12 Å². The molecule has 1 heterocycles. The van der Waals surface area contributed by atoms with Gasteiger partial charge in [-0.2, -0.15) is 0 Å². The highest BCUT2D eigenvalue weighted by atomic mass is 32.2. The molecule has 0 bridgehead atoms. The SMILES string of the molecule is CC(=O)SC[C@H]1CCCCN1C(=O)OC(C)(C)C. The molecule has 1 fully saturated rings. The highest BCUT2D eigenvalue weighted by Gasteiger charge is 2.30. The summed E-state index contributed by atoms with van der Waals surface area (Å²) in [4.78, 5) is 24.9. The van der Waals surface area contributed by atoms with Gasteiger partial charge in [0, 0.05) is 25.3 Å². The first-order valence-corrected chi connectivity index (χ1v) is 7.41. The Bertz CT molecular complexity index is 312. The molecule has 104 valence electrons. The van der Waals surface area contributed by atoms with E-state index in [2.05, 4.69) is 0 Å². The molecule has 1 rings (SSSR count). The molecule has 1 saturated heterocycles. The van der Waals surface area contributed by atoms with Gasteiger partial charge in [-0.05, 0) is 40.0 Å². The second kappa shape index (κ2) is 6.45. The number of thioether (sulfide) groups is 1. The van der Waals surface area contributed by atoms with Crippen LogP contribution in [0.3, 0.4) is 0 Å². The number of hydrogen-bond donors (Lipinski definition) is 0. The highest BCUT2D eigenvalue weighted by Crippen LogP contribution is 2.23. The fraction of sp³-hybridized carbons (Fsp3) is 0.846. The molecule has 1 aliphatic heterocycles. The standard InChI is InChI=1S/C13H23NO3S/c1-10(15)18-9-11-7-5-6-8-14(11)12(16)17-13(2,3)4/h11H,5-9H2,1-4H3/t11-/m1/s1. The van der Waals surface area contributed by atoms with Crippen LogP contribution in [0.1, 0.15) is 47.0 Å². The van der Waals surface area contributed by atoms with E-state index in [1.807, 2.05) is 20.8 Å². The van der Waals surface area contributed by atoms with Gasteiger partial charge < -0.3 is 9.64 Å².